The molecule has 0 radical (unpaired) electrons. The second-order valence-corrected chi connectivity index (χ2v) is 37.5. The van der Waals surface area contributed by atoms with Gasteiger partial charge in [0.05, 0.1) is 23.2 Å². The number of sulfonamides is 1. The van der Waals surface area contributed by atoms with Crippen LogP contribution in [0.15, 0.2) is 30.3 Å². The standard InChI is InChI=1S/C62H103N3O7SSi/c1-41(2)73(68,69)65-36-34-64(35-37-65)48(42(3)72-74(15,16)55(4,5)6)39-63-62-29-24-44(58(11)30-31-58)52(62)45-22-23-50-59(12)27-26-51(57(9,10)49(59)25-28-61(50,14)60(45,13)32-33-62)71-54(67)47-38-46(56(47,7)8)53(66)70-40-43-20-18-17-19-21-43/h17-21,41-42,44-52,63H,22-40H2,1-16H3/t42-,44-,45-,46+,47-,48-,49+,50-,51+,52-,59+,60-,61-,62+/m1/s1. The average molecular weight is 1060 g/mol. The zero-order valence-corrected chi connectivity index (χ0v) is 51.1. The van der Waals surface area contributed by atoms with E-state index in [-0.39, 0.29) is 80.9 Å². The van der Waals surface area contributed by atoms with E-state index in [2.05, 4.69) is 92.5 Å². The Morgan fingerprint density at radius 3 is 1.99 bits per heavy atom. The van der Waals surface area contributed by atoms with Crippen molar-refractivity contribution >= 4 is 30.3 Å². The number of carbonyl (C=O) groups is 2. The van der Waals surface area contributed by atoms with E-state index in [4.69, 9.17) is 13.9 Å². The summed E-state index contributed by atoms with van der Waals surface area (Å²) >= 11 is 0. The first-order valence-corrected chi connectivity index (χ1v) is 34.3. The predicted molar refractivity (Wildman–Crippen MR) is 300 cm³/mol. The van der Waals surface area contributed by atoms with E-state index >= 15 is 0 Å². The number of nitrogens with zero attached hydrogens (tertiary/aromatic N) is 2. The highest BCUT2D eigenvalue weighted by atomic mass is 32.2. The summed E-state index contributed by atoms with van der Waals surface area (Å²) in [6.07, 6.45) is 15.1. The molecule has 7 saturated carbocycles. The van der Waals surface area contributed by atoms with Gasteiger partial charge in [0.2, 0.25) is 10.0 Å². The molecule has 74 heavy (non-hydrogen) atoms. The van der Waals surface area contributed by atoms with Crippen LogP contribution in [0.3, 0.4) is 0 Å². The monoisotopic (exact) mass is 1060 g/mol. The maximum absolute atomic E-state index is 14.2. The number of ether oxygens (including phenoxy) is 2. The molecule has 1 aromatic rings. The number of rotatable bonds is 15. The Morgan fingerprint density at radius 1 is 0.730 bits per heavy atom. The predicted octanol–water partition coefficient (Wildman–Crippen LogP) is 12.7. The van der Waals surface area contributed by atoms with E-state index in [9.17, 15) is 18.0 Å². The Morgan fingerprint density at radius 2 is 1.38 bits per heavy atom. The first kappa shape index (κ1) is 56.9. The normalized spacial score (nSPS) is 39.6. The van der Waals surface area contributed by atoms with Crippen molar-refractivity contribution in [1.29, 1.82) is 0 Å². The molecule has 8 aliphatic rings. The lowest BCUT2D eigenvalue weighted by Crippen LogP contribution is -2.69. The summed E-state index contributed by atoms with van der Waals surface area (Å²) in [4.78, 5) is 30.1. The van der Waals surface area contributed by atoms with Crippen molar-refractivity contribution in [1.82, 2.24) is 14.5 Å². The largest absolute Gasteiger partial charge is 0.462 e. The third-order valence-corrected chi connectivity index (χ3v) is 31.7. The van der Waals surface area contributed by atoms with Crippen molar-refractivity contribution in [2.24, 2.45) is 73.9 Å². The van der Waals surface area contributed by atoms with Crippen LogP contribution in [0.2, 0.25) is 18.1 Å². The third-order valence-electron chi connectivity index (χ3n) is 24.8. The molecule has 1 aliphatic heterocycles. The summed E-state index contributed by atoms with van der Waals surface area (Å²) in [5.74, 6) is 2.13. The van der Waals surface area contributed by atoms with Gasteiger partial charge in [-0.15, -0.1) is 0 Å². The third kappa shape index (κ3) is 9.38. The van der Waals surface area contributed by atoms with E-state index in [0.717, 1.165) is 44.0 Å². The minimum Gasteiger partial charge on any atom is -0.462 e. The van der Waals surface area contributed by atoms with E-state index in [0.29, 0.717) is 48.6 Å². The second kappa shape index (κ2) is 19.5. The van der Waals surface area contributed by atoms with E-state index < -0.39 is 29.0 Å². The van der Waals surface area contributed by atoms with Gasteiger partial charge in [0.15, 0.2) is 8.32 Å². The second-order valence-electron chi connectivity index (χ2n) is 30.3. The molecule has 14 atom stereocenters. The highest BCUT2D eigenvalue weighted by Crippen LogP contribution is 2.78. The fraction of sp³-hybridized carbons (Fsp3) is 0.871. The molecule has 9 rings (SSSR count). The number of fused-ring (bicyclic) bond motifs is 7. The first-order valence-electron chi connectivity index (χ1n) is 29.9. The quantitative estimate of drug-likeness (QED) is 0.135. The van der Waals surface area contributed by atoms with Gasteiger partial charge in [-0.3, -0.25) is 14.5 Å². The molecule has 1 heterocycles. The number of hydrogen-bond donors (Lipinski definition) is 1. The fourth-order valence-electron chi connectivity index (χ4n) is 18.4. The highest BCUT2D eigenvalue weighted by Gasteiger charge is 2.73. The number of nitrogens with one attached hydrogen (secondary N) is 1. The number of carbonyl (C=O) groups excluding carboxylic acids is 2. The van der Waals surface area contributed by atoms with Crippen LogP contribution in [-0.4, -0.2) is 99.6 Å². The molecule has 7 aliphatic carbocycles. The van der Waals surface area contributed by atoms with Gasteiger partial charge < -0.3 is 19.2 Å². The molecule has 418 valence electrons. The average Bonchev–Trinajstić information content (AvgIpc) is 3.94. The minimum absolute atomic E-state index is 0.0187. The Hall–Kier alpha value is -1.83. The molecule has 12 heteroatoms. The molecule has 0 aromatic heterocycles. The topological polar surface area (TPSA) is 114 Å². The zero-order chi connectivity index (χ0) is 54.0. The van der Waals surface area contributed by atoms with Crippen LogP contribution in [-0.2, 0) is 40.1 Å². The van der Waals surface area contributed by atoms with Crippen LogP contribution in [0.1, 0.15) is 186 Å². The Bertz CT molecular complexity index is 2340. The van der Waals surface area contributed by atoms with Crippen LogP contribution in [0.4, 0.5) is 0 Å². The van der Waals surface area contributed by atoms with Crippen LogP contribution in [0, 0.1) is 73.9 Å². The van der Waals surface area contributed by atoms with Crippen LogP contribution >= 0.6 is 0 Å². The Balaban J connectivity index is 0.911. The van der Waals surface area contributed by atoms with Gasteiger partial charge >= 0.3 is 11.9 Å². The van der Waals surface area contributed by atoms with Crippen molar-refractivity contribution in [2.45, 2.75) is 234 Å². The lowest BCUT2D eigenvalue weighted by atomic mass is 9.32. The summed E-state index contributed by atoms with van der Waals surface area (Å²) in [7, 11) is -5.41. The number of benzene rings is 1. The molecular weight excluding hydrogens is 959 g/mol. The number of piperazine rings is 1. The molecule has 0 amide bonds. The van der Waals surface area contributed by atoms with Crippen LogP contribution < -0.4 is 5.32 Å². The lowest BCUT2D eigenvalue weighted by Gasteiger charge is -2.73. The van der Waals surface area contributed by atoms with Crippen molar-refractivity contribution in [2.75, 3.05) is 32.7 Å². The van der Waals surface area contributed by atoms with Crippen molar-refractivity contribution in [3.05, 3.63) is 35.9 Å². The van der Waals surface area contributed by atoms with Gasteiger partial charge in [-0.25, -0.2) is 8.42 Å². The van der Waals surface area contributed by atoms with Crippen LogP contribution in [0.5, 0.6) is 0 Å². The minimum atomic E-state index is -3.31. The summed E-state index contributed by atoms with van der Waals surface area (Å²) in [5, 5.41) is 4.22. The summed E-state index contributed by atoms with van der Waals surface area (Å²) in [6.45, 7) is 41.1. The van der Waals surface area contributed by atoms with Crippen molar-refractivity contribution in [3.8, 4) is 0 Å². The SMILES string of the molecule is CC(C)S(=O)(=O)N1CCN([C@H](CN[C@]23CC[C@@H](C4(C)CC4)[C@@H]2[C@H]2CC[C@@H]4[C@@]5(C)CC[C@H](OC(=O)[C@H]6C[C@@H](C(=O)OCc7ccccc7)C6(C)C)C(C)(C)[C@@H]5CC[C@@]4(C)[C@]2(C)CC3)[C@@H](C)O[Si](C)(C)C(C)(C)C)CC1. The van der Waals surface area contributed by atoms with Gasteiger partial charge in [0.1, 0.15) is 12.7 Å². The van der Waals surface area contributed by atoms with Gasteiger partial charge in [-0.05, 0) is 185 Å². The summed E-state index contributed by atoms with van der Waals surface area (Å²) in [6, 6.07) is 9.96. The number of hydrogen-bond acceptors (Lipinski definition) is 9. The van der Waals surface area contributed by atoms with E-state index in [1.165, 1.54) is 64.2 Å². The van der Waals surface area contributed by atoms with Gasteiger partial charge in [-0.2, -0.15) is 4.31 Å². The van der Waals surface area contributed by atoms with Crippen molar-refractivity contribution in [3.63, 3.8) is 0 Å². The Labute approximate surface area is 451 Å². The molecular formula is C62H103N3O7SSi. The maximum Gasteiger partial charge on any atom is 0.309 e. The molecule has 0 unspecified atom stereocenters. The molecule has 1 aromatic carbocycles. The Kier molecular flexibility index (Phi) is 15.0. The number of esters is 2. The van der Waals surface area contributed by atoms with Crippen LogP contribution in [0.25, 0.3) is 0 Å². The van der Waals surface area contributed by atoms with Crippen molar-refractivity contribution < 1.29 is 31.9 Å². The first-order chi connectivity index (χ1) is 34.3. The lowest BCUT2D eigenvalue weighted by molar-refractivity contribution is -0.250. The molecule has 0 bridgehead atoms. The molecule has 1 saturated heterocycles. The smallest absolute Gasteiger partial charge is 0.309 e. The fourth-order valence-corrected chi connectivity index (χ4v) is 21.1. The maximum atomic E-state index is 14.2. The van der Waals surface area contributed by atoms with Gasteiger partial charge in [0, 0.05) is 49.7 Å². The molecule has 8 fully saturated rings. The molecule has 10 nitrogen and oxygen atoms in total. The van der Waals surface area contributed by atoms with Gasteiger partial charge in [0.25, 0.3) is 0 Å². The van der Waals surface area contributed by atoms with Gasteiger partial charge in [-0.1, -0.05) is 106 Å². The van der Waals surface area contributed by atoms with E-state index in [1.807, 2.05) is 44.2 Å². The zero-order valence-electron chi connectivity index (χ0n) is 49.3. The summed E-state index contributed by atoms with van der Waals surface area (Å²) in [5.41, 5.74) is 1.42. The highest BCUT2D eigenvalue weighted by molar-refractivity contribution is 7.89. The molecule has 1 N–H and O–H groups in total. The summed E-state index contributed by atoms with van der Waals surface area (Å²) < 4.78 is 48.2. The molecule has 0 spiro atoms. The van der Waals surface area contributed by atoms with E-state index in [1.54, 1.807) is 18.2 Å².